The summed E-state index contributed by atoms with van der Waals surface area (Å²) in [5.74, 6) is 1.79. The van der Waals surface area contributed by atoms with Gasteiger partial charge in [0.15, 0.2) is 0 Å². The zero-order valence-corrected chi connectivity index (χ0v) is 11.8. The molecule has 2 atom stereocenters. The maximum atomic E-state index is 10.4. The van der Waals surface area contributed by atoms with Crippen LogP contribution in [0.1, 0.15) is 36.9 Å². The van der Waals surface area contributed by atoms with Crippen molar-refractivity contribution < 1.29 is 9.84 Å². The first-order valence-electron chi connectivity index (χ1n) is 7.31. The monoisotopic (exact) mass is 261 g/mol. The molecule has 1 aromatic carbocycles. The van der Waals surface area contributed by atoms with Gasteiger partial charge in [-0.25, -0.2) is 0 Å². The molecule has 0 bridgehead atoms. The minimum atomic E-state index is -0.414. The van der Waals surface area contributed by atoms with E-state index in [1.807, 2.05) is 0 Å². The van der Waals surface area contributed by atoms with Crippen molar-refractivity contribution in [2.45, 2.75) is 38.8 Å². The summed E-state index contributed by atoms with van der Waals surface area (Å²) >= 11 is 0. The Kier molecular flexibility index (Phi) is 3.50. The number of benzene rings is 1. The largest absolute Gasteiger partial charge is 0.490 e. The van der Waals surface area contributed by atoms with E-state index in [9.17, 15) is 5.11 Å². The molecule has 0 spiro atoms. The number of fused-ring (bicyclic) bond motifs is 1. The maximum absolute atomic E-state index is 10.4. The van der Waals surface area contributed by atoms with E-state index in [1.165, 1.54) is 18.4 Å². The van der Waals surface area contributed by atoms with Crippen LogP contribution < -0.4 is 4.74 Å². The molecule has 1 fully saturated rings. The number of nitrogens with zero attached hydrogens (tertiary/aromatic N) is 1. The number of piperidine rings is 1. The Hall–Kier alpha value is -1.06. The van der Waals surface area contributed by atoms with Gasteiger partial charge in [0.05, 0.1) is 6.04 Å². The van der Waals surface area contributed by atoms with E-state index in [0.717, 1.165) is 30.3 Å². The number of hydrogen-bond donors (Lipinski definition) is 1. The van der Waals surface area contributed by atoms with E-state index in [0.29, 0.717) is 6.61 Å². The van der Waals surface area contributed by atoms with Crippen molar-refractivity contribution in [3.8, 4) is 5.75 Å². The minimum Gasteiger partial charge on any atom is -0.490 e. The zero-order chi connectivity index (χ0) is 13.4. The smallest absolute Gasteiger partial charge is 0.127 e. The van der Waals surface area contributed by atoms with Gasteiger partial charge in [0, 0.05) is 5.56 Å². The van der Waals surface area contributed by atoms with Gasteiger partial charge in [0.2, 0.25) is 0 Å². The fourth-order valence-corrected chi connectivity index (χ4v) is 3.32. The zero-order valence-electron chi connectivity index (χ0n) is 11.8. The van der Waals surface area contributed by atoms with E-state index in [1.54, 1.807) is 0 Å². The SMILES string of the molecule is Cc1cccc2c1OCC(O)C2N1CCC(C)CC1. The van der Waals surface area contributed by atoms with Gasteiger partial charge in [-0.15, -0.1) is 0 Å². The predicted molar refractivity (Wildman–Crippen MR) is 75.4 cm³/mol. The van der Waals surface area contributed by atoms with Gasteiger partial charge >= 0.3 is 0 Å². The van der Waals surface area contributed by atoms with Gasteiger partial charge in [0.1, 0.15) is 18.5 Å². The molecule has 1 N–H and O–H groups in total. The van der Waals surface area contributed by atoms with Crippen LogP contribution in [-0.4, -0.2) is 35.8 Å². The van der Waals surface area contributed by atoms with Crippen LogP contribution in [0.3, 0.4) is 0 Å². The summed E-state index contributed by atoms with van der Waals surface area (Å²) < 4.78 is 5.73. The van der Waals surface area contributed by atoms with Crippen LogP contribution in [0.15, 0.2) is 18.2 Å². The molecule has 3 nitrogen and oxygen atoms in total. The first-order chi connectivity index (χ1) is 9.16. The second-order valence-electron chi connectivity index (χ2n) is 6.03. The van der Waals surface area contributed by atoms with Crippen LogP contribution in [0.25, 0.3) is 0 Å². The molecule has 104 valence electrons. The molecule has 2 heterocycles. The number of likely N-dealkylation sites (tertiary alicyclic amines) is 1. The molecule has 0 radical (unpaired) electrons. The average molecular weight is 261 g/mol. The number of aliphatic hydroxyl groups is 1. The molecular weight excluding hydrogens is 238 g/mol. The highest BCUT2D eigenvalue weighted by Crippen LogP contribution is 2.39. The first-order valence-corrected chi connectivity index (χ1v) is 7.31. The third-order valence-corrected chi connectivity index (χ3v) is 4.54. The van der Waals surface area contributed by atoms with Crippen LogP contribution in [-0.2, 0) is 0 Å². The molecule has 1 aromatic rings. The molecule has 2 aliphatic heterocycles. The highest BCUT2D eigenvalue weighted by molar-refractivity contribution is 5.44. The van der Waals surface area contributed by atoms with Crippen LogP contribution in [0.2, 0.25) is 0 Å². The summed E-state index contributed by atoms with van der Waals surface area (Å²) in [6, 6.07) is 6.35. The van der Waals surface area contributed by atoms with Gasteiger partial charge < -0.3 is 9.84 Å². The minimum absolute atomic E-state index is 0.108. The summed E-state index contributed by atoms with van der Waals surface area (Å²) in [7, 11) is 0. The van der Waals surface area contributed by atoms with Crippen LogP contribution in [0, 0.1) is 12.8 Å². The summed E-state index contributed by atoms with van der Waals surface area (Å²) in [5.41, 5.74) is 2.33. The van der Waals surface area contributed by atoms with Crippen LogP contribution in [0.4, 0.5) is 0 Å². The van der Waals surface area contributed by atoms with Crippen molar-refractivity contribution in [1.29, 1.82) is 0 Å². The fourth-order valence-electron chi connectivity index (χ4n) is 3.32. The molecule has 1 saturated heterocycles. The summed E-state index contributed by atoms with van der Waals surface area (Å²) in [4.78, 5) is 2.44. The van der Waals surface area contributed by atoms with E-state index < -0.39 is 6.10 Å². The third kappa shape index (κ3) is 2.37. The van der Waals surface area contributed by atoms with Gasteiger partial charge in [-0.1, -0.05) is 25.1 Å². The highest BCUT2D eigenvalue weighted by Gasteiger charge is 2.35. The number of ether oxygens (including phenoxy) is 1. The molecule has 19 heavy (non-hydrogen) atoms. The standard InChI is InChI=1S/C16H23NO2/c1-11-6-8-17(9-7-11)15-13-5-3-4-12(2)16(13)19-10-14(15)18/h3-5,11,14-15,18H,6-10H2,1-2H3. The predicted octanol–water partition coefficient (Wildman–Crippen LogP) is 2.52. The molecule has 3 rings (SSSR count). The van der Waals surface area contributed by atoms with E-state index in [2.05, 4.69) is 36.9 Å². The molecule has 0 aromatic heterocycles. The first kappa shape index (κ1) is 12.9. The van der Waals surface area contributed by atoms with Gasteiger partial charge in [-0.3, -0.25) is 4.90 Å². The number of aryl methyl sites for hydroxylation is 1. The normalized spacial score (nSPS) is 28.8. The molecule has 2 aliphatic rings. The van der Waals surface area contributed by atoms with E-state index in [-0.39, 0.29) is 6.04 Å². The Morgan fingerprint density at radius 3 is 2.74 bits per heavy atom. The Balaban J connectivity index is 1.91. The maximum Gasteiger partial charge on any atom is 0.127 e. The van der Waals surface area contributed by atoms with Crippen molar-refractivity contribution in [3.05, 3.63) is 29.3 Å². The Morgan fingerprint density at radius 2 is 2.00 bits per heavy atom. The molecule has 2 unspecified atom stereocenters. The lowest BCUT2D eigenvalue weighted by atomic mass is 9.91. The number of rotatable bonds is 1. The Labute approximate surface area is 115 Å². The summed E-state index contributed by atoms with van der Waals surface area (Å²) in [6.07, 6.45) is 2.04. The van der Waals surface area contributed by atoms with Gasteiger partial charge in [-0.05, 0) is 44.3 Å². The molecular formula is C16H23NO2. The lowest BCUT2D eigenvalue weighted by Gasteiger charge is -2.42. The Bertz CT molecular complexity index is 452. The van der Waals surface area contributed by atoms with Crippen molar-refractivity contribution in [3.63, 3.8) is 0 Å². The second kappa shape index (κ2) is 5.14. The lowest BCUT2D eigenvalue weighted by Crippen LogP contribution is -2.45. The second-order valence-corrected chi connectivity index (χ2v) is 6.03. The third-order valence-electron chi connectivity index (χ3n) is 4.54. The molecule has 0 saturated carbocycles. The number of para-hydroxylation sites is 1. The van der Waals surface area contributed by atoms with E-state index in [4.69, 9.17) is 4.74 Å². The molecule has 3 heteroatoms. The highest BCUT2D eigenvalue weighted by atomic mass is 16.5. The fraction of sp³-hybridized carbons (Fsp3) is 0.625. The van der Waals surface area contributed by atoms with Crippen molar-refractivity contribution >= 4 is 0 Å². The van der Waals surface area contributed by atoms with Crippen LogP contribution in [0.5, 0.6) is 5.75 Å². The average Bonchev–Trinajstić information content (AvgIpc) is 2.40. The van der Waals surface area contributed by atoms with Crippen molar-refractivity contribution in [2.24, 2.45) is 5.92 Å². The number of aliphatic hydroxyl groups excluding tert-OH is 1. The van der Waals surface area contributed by atoms with Crippen LogP contribution >= 0.6 is 0 Å². The molecule has 0 amide bonds. The van der Waals surface area contributed by atoms with Gasteiger partial charge in [0.25, 0.3) is 0 Å². The van der Waals surface area contributed by atoms with E-state index >= 15 is 0 Å². The topological polar surface area (TPSA) is 32.7 Å². The quantitative estimate of drug-likeness (QED) is 0.843. The van der Waals surface area contributed by atoms with Gasteiger partial charge in [-0.2, -0.15) is 0 Å². The summed E-state index contributed by atoms with van der Waals surface area (Å²) in [6.45, 7) is 6.96. The Morgan fingerprint density at radius 1 is 1.26 bits per heavy atom. The molecule has 0 aliphatic carbocycles. The van der Waals surface area contributed by atoms with Crippen molar-refractivity contribution in [2.75, 3.05) is 19.7 Å². The van der Waals surface area contributed by atoms with Crippen molar-refractivity contribution in [1.82, 2.24) is 4.90 Å². The number of hydrogen-bond acceptors (Lipinski definition) is 3. The summed E-state index contributed by atoms with van der Waals surface area (Å²) in [5, 5.41) is 10.4. The lowest BCUT2D eigenvalue weighted by molar-refractivity contribution is -0.0117.